The van der Waals surface area contributed by atoms with Crippen molar-refractivity contribution in [3.8, 4) is 0 Å². The predicted molar refractivity (Wildman–Crippen MR) is 92.1 cm³/mol. The molecule has 2 N–H and O–H groups in total. The standard InChI is InChI=1S/C14H27NO6Si2/c1-10(2)12(18)21-15(23(6,7)8)14(13(19)20,9-11(16)17)22(3,4)5/h1,9H2,2-8H3,(H,16,17)(H,19,20)/t14-/m1/s1. The zero-order valence-electron chi connectivity index (χ0n) is 14.9. The predicted octanol–water partition coefficient (Wildman–Crippen LogP) is 2.33. The molecule has 0 amide bonds. The molecule has 0 aromatic heterocycles. The quantitative estimate of drug-likeness (QED) is 0.388. The van der Waals surface area contributed by atoms with Crippen molar-refractivity contribution in [2.24, 2.45) is 0 Å². The number of rotatable bonds is 8. The van der Waals surface area contributed by atoms with Gasteiger partial charge in [0.25, 0.3) is 0 Å². The van der Waals surface area contributed by atoms with Gasteiger partial charge in [-0.05, 0) is 6.92 Å². The minimum Gasteiger partial charge on any atom is -0.481 e. The molecule has 0 saturated carbocycles. The number of aliphatic carboxylic acids is 2. The molecule has 0 fully saturated rings. The lowest BCUT2D eigenvalue weighted by Crippen LogP contribution is -2.74. The molecule has 0 aromatic carbocycles. The van der Waals surface area contributed by atoms with Gasteiger partial charge in [0.1, 0.15) is 5.16 Å². The van der Waals surface area contributed by atoms with Crippen molar-refractivity contribution in [2.75, 3.05) is 0 Å². The summed E-state index contributed by atoms with van der Waals surface area (Å²) in [6.07, 6.45) is -0.633. The summed E-state index contributed by atoms with van der Waals surface area (Å²) in [5.74, 6) is -3.28. The second kappa shape index (κ2) is 6.97. The van der Waals surface area contributed by atoms with Gasteiger partial charge >= 0.3 is 17.9 Å². The van der Waals surface area contributed by atoms with Crippen LogP contribution < -0.4 is 0 Å². The van der Waals surface area contributed by atoms with Gasteiger partial charge in [-0.2, -0.15) is 4.73 Å². The van der Waals surface area contributed by atoms with Crippen LogP contribution in [0.5, 0.6) is 0 Å². The van der Waals surface area contributed by atoms with Gasteiger partial charge in [-0.3, -0.25) is 9.59 Å². The molecule has 9 heteroatoms. The molecule has 7 nitrogen and oxygen atoms in total. The fraction of sp³-hybridized carbons (Fsp3) is 0.643. The highest BCUT2D eigenvalue weighted by Gasteiger charge is 2.60. The van der Waals surface area contributed by atoms with Gasteiger partial charge in [0, 0.05) is 5.57 Å². The summed E-state index contributed by atoms with van der Waals surface area (Å²) >= 11 is 0. The number of carbonyl (C=O) groups excluding carboxylic acids is 1. The summed E-state index contributed by atoms with van der Waals surface area (Å²) < 4.78 is 1.18. The van der Waals surface area contributed by atoms with Crippen LogP contribution >= 0.6 is 0 Å². The van der Waals surface area contributed by atoms with Crippen molar-refractivity contribution >= 4 is 34.2 Å². The minimum absolute atomic E-state index is 0.124. The van der Waals surface area contributed by atoms with Crippen LogP contribution in [0.25, 0.3) is 0 Å². The summed E-state index contributed by atoms with van der Waals surface area (Å²) in [4.78, 5) is 41.0. The average Bonchev–Trinajstić information content (AvgIpc) is 2.29. The van der Waals surface area contributed by atoms with E-state index in [9.17, 15) is 24.6 Å². The Morgan fingerprint density at radius 2 is 1.52 bits per heavy atom. The molecular weight excluding hydrogens is 334 g/mol. The van der Waals surface area contributed by atoms with Gasteiger partial charge in [0.2, 0.25) is 0 Å². The number of carbonyl (C=O) groups is 3. The first-order valence-electron chi connectivity index (χ1n) is 7.20. The van der Waals surface area contributed by atoms with Gasteiger partial charge < -0.3 is 15.1 Å². The summed E-state index contributed by atoms with van der Waals surface area (Å²) in [6.45, 7) is 15.6. The number of nitrogens with zero attached hydrogens (tertiary/aromatic N) is 1. The second-order valence-electron chi connectivity index (χ2n) is 7.61. The Kier molecular flexibility index (Phi) is 6.53. The first-order valence-corrected chi connectivity index (χ1v) is 14.2. The zero-order valence-corrected chi connectivity index (χ0v) is 16.9. The highest BCUT2D eigenvalue weighted by atomic mass is 28.3. The van der Waals surface area contributed by atoms with Gasteiger partial charge in [0.05, 0.1) is 14.5 Å². The number of carboxylic acid groups (broad SMARTS) is 2. The van der Waals surface area contributed by atoms with Crippen LogP contribution in [0.15, 0.2) is 12.2 Å². The normalized spacial score (nSPS) is 15.0. The zero-order chi connectivity index (χ0) is 18.8. The fourth-order valence-electron chi connectivity index (χ4n) is 2.29. The average molecular weight is 362 g/mol. The lowest BCUT2D eigenvalue weighted by molar-refractivity contribution is -0.190. The molecule has 0 rings (SSSR count). The van der Waals surface area contributed by atoms with Crippen LogP contribution in [0, 0.1) is 0 Å². The van der Waals surface area contributed by atoms with E-state index in [1.807, 2.05) is 0 Å². The second-order valence-corrected chi connectivity index (χ2v) is 17.7. The molecular formula is C14H27NO6Si2. The van der Waals surface area contributed by atoms with Crippen LogP contribution in [-0.4, -0.2) is 54.3 Å². The number of hydrogen-bond acceptors (Lipinski definition) is 5. The molecule has 1 atom stereocenters. The van der Waals surface area contributed by atoms with Crippen molar-refractivity contribution in [2.45, 2.75) is 57.8 Å². The van der Waals surface area contributed by atoms with E-state index < -0.39 is 45.8 Å². The number of hydroxylamine groups is 1. The highest BCUT2D eigenvalue weighted by molar-refractivity contribution is 6.85. The lowest BCUT2D eigenvalue weighted by Gasteiger charge is -2.50. The van der Waals surface area contributed by atoms with Gasteiger partial charge in [-0.15, -0.1) is 0 Å². The maximum atomic E-state index is 12.2. The van der Waals surface area contributed by atoms with E-state index in [1.165, 1.54) is 11.7 Å². The topological polar surface area (TPSA) is 104 Å². The van der Waals surface area contributed by atoms with E-state index in [-0.39, 0.29) is 5.57 Å². The molecule has 132 valence electrons. The summed E-state index contributed by atoms with van der Waals surface area (Å²) in [6, 6.07) is 0. The molecule has 0 aromatic rings. The van der Waals surface area contributed by atoms with Crippen LogP contribution in [0.2, 0.25) is 39.3 Å². The number of carboxylic acids is 2. The summed E-state index contributed by atoms with van der Waals surface area (Å²) in [5, 5.41) is 17.5. The Bertz CT molecular complexity index is 520. The third-order valence-electron chi connectivity index (χ3n) is 3.48. The molecule has 0 spiro atoms. The van der Waals surface area contributed by atoms with E-state index in [0.717, 1.165) is 0 Å². The van der Waals surface area contributed by atoms with Crippen LogP contribution in [0.3, 0.4) is 0 Å². The van der Waals surface area contributed by atoms with Crippen molar-refractivity contribution in [1.29, 1.82) is 0 Å². The SMILES string of the molecule is C=C(C)C(=O)ON([C@@](CC(=O)O)(C(=O)O)[Si](C)(C)C)[Si](C)(C)C. The third-order valence-corrected chi connectivity index (χ3v) is 8.47. The smallest absolute Gasteiger partial charge is 0.351 e. The molecule has 0 aliphatic rings. The summed E-state index contributed by atoms with van der Waals surface area (Å²) in [5.41, 5.74) is 0.124. The van der Waals surface area contributed by atoms with Crippen molar-refractivity contribution in [3.63, 3.8) is 0 Å². The first kappa shape index (κ1) is 21.5. The van der Waals surface area contributed by atoms with Crippen molar-refractivity contribution in [1.82, 2.24) is 4.73 Å². The Morgan fingerprint density at radius 3 is 1.74 bits per heavy atom. The monoisotopic (exact) mass is 361 g/mol. The van der Waals surface area contributed by atoms with Crippen LogP contribution in [0.4, 0.5) is 0 Å². The van der Waals surface area contributed by atoms with Gasteiger partial charge in [-0.1, -0.05) is 45.9 Å². The van der Waals surface area contributed by atoms with E-state index in [2.05, 4.69) is 6.58 Å². The minimum atomic E-state index is -2.66. The van der Waals surface area contributed by atoms with Crippen molar-refractivity contribution < 1.29 is 29.4 Å². The maximum absolute atomic E-state index is 12.2. The van der Waals surface area contributed by atoms with E-state index in [1.54, 1.807) is 39.3 Å². The highest BCUT2D eigenvalue weighted by Crippen LogP contribution is 2.36. The van der Waals surface area contributed by atoms with E-state index in [4.69, 9.17) is 4.84 Å². The maximum Gasteiger partial charge on any atom is 0.351 e. The van der Waals surface area contributed by atoms with E-state index in [0.29, 0.717) is 0 Å². The molecule has 0 radical (unpaired) electrons. The largest absolute Gasteiger partial charge is 0.481 e. The van der Waals surface area contributed by atoms with E-state index >= 15 is 0 Å². The molecule has 0 unspecified atom stereocenters. The molecule has 23 heavy (non-hydrogen) atoms. The fourth-order valence-corrected chi connectivity index (χ4v) is 7.96. The van der Waals surface area contributed by atoms with Gasteiger partial charge in [0.15, 0.2) is 8.24 Å². The van der Waals surface area contributed by atoms with Crippen LogP contribution in [-0.2, 0) is 19.2 Å². The van der Waals surface area contributed by atoms with Crippen LogP contribution in [0.1, 0.15) is 13.3 Å². The Labute approximate surface area is 139 Å². The molecule has 0 heterocycles. The molecule has 0 aliphatic heterocycles. The lowest BCUT2D eigenvalue weighted by atomic mass is 10.2. The third kappa shape index (κ3) is 4.76. The summed E-state index contributed by atoms with van der Waals surface area (Å²) in [7, 11) is -5.19. The molecule has 0 saturated heterocycles. The Hall–Kier alpha value is -1.46. The first-order chi connectivity index (χ1) is 10.1. The Morgan fingerprint density at radius 1 is 1.09 bits per heavy atom. The Balaban J connectivity index is 6.43. The number of hydrogen-bond donors (Lipinski definition) is 2. The van der Waals surface area contributed by atoms with Gasteiger partial charge in [-0.25, -0.2) is 4.79 Å². The van der Waals surface area contributed by atoms with Crippen molar-refractivity contribution in [3.05, 3.63) is 12.2 Å². The molecule has 0 aliphatic carbocycles. The molecule has 0 bridgehead atoms.